The molecule has 10 heteroatoms. The number of carbonyl (C=O) groups is 1. The molecule has 8 nitrogen and oxygen atoms in total. The highest BCUT2D eigenvalue weighted by Crippen LogP contribution is 2.41. The molecule has 0 saturated carbocycles. The lowest BCUT2D eigenvalue weighted by molar-refractivity contribution is -0.191. The van der Waals surface area contributed by atoms with Gasteiger partial charge in [0.2, 0.25) is 0 Å². The summed E-state index contributed by atoms with van der Waals surface area (Å²) < 4.78 is 37.4. The van der Waals surface area contributed by atoms with Crippen molar-refractivity contribution in [2.45, 2.75) is 135 Å². The molecule has 0 amide bonds. The number of rotatable bonds is 12. The lowest BCUT2D eigenvalue weighted by Crippen LogP contribution is -2.60. The molecule has 1 aromatic rings. The Labute approximate surface area is 244 Å². The minimum Gasteiger partial charge on any atom is -0.467 e. The second-order valence-corrected chi connectivity index (χ2v) is 23.8. The summed E-state index contributed by atoms with van der Waals surface area (Å²) in [6, 6.07) is 9.71. The van der Waals surface area contributed by atoms with E-state index in [9.17, 15) is 9.90 Å². The summed E-state index contributed by atoms with van der Waals surface area (Å²) in [5.74, 6) is -1.48. The van der Waals surface area contributed by atoms with Crippen molar-refractivity contribution in [1.82, 2.24) is 0 Å². The van der Waals surface area contributed by atoms with E-state index in [0.29, 0.717) is 0 Å². The van der Waals surface area contributed by atoms with Crippen LogP contribution in [0.1, 0.15) is 61.0 Å². The van der Waals surface area contributed by atoms with Crippen molar-refractivity contribution < 1.29 is 37.7 Å². The van der Waals surface area contributed by atoms with Crippen LogP contribution in [0.3, 0.4) is 0 Å². The maximum atomic E-state index is 13.2. The number of ether oxygens (including phenoxy) is 4. The Balaban J connectivity index is 2.61. The third-order valence-electron chi connectivity index (χ3n) is 8.55. The summed E-state index contributed by atoms with van der Waals surface area (Å²) in [5.41, 5.74) is 0.926. The third-order valence-corrected chi connectivity index (χ3v) is 17.5. The number of methoxy groups -OCH3 is 1. The van der Waals surface area contributed by atoms with Crippen LogP contribution in [0.5, 0.6) is 0 Å². The standard InChI is InChI=1S/C30H54O8Si2/c1-28(2,3)39(10,11)37-24(22-20-35-30(7,8)36-22)25(34-19-21-17-15-14-16-18-21)23(31)26(27(32)33-9)38-40(12,13)29(4,5)6/h14-18,22-26,31H,19-20H2,1-13H3/t22-,23+,24-,25+,26+/m1/s1. The monoisotopic (exact) mass is 598 g/mol. The van der Waals surface area contributed by atoms with Gasteiger partial charge in [-0.3, -0.25) is 0 Å². The zero-order valence-corrected chi connectivity index (χ0v) is 29.0. The van der Waals surface area contributed by atoms with Gasteiger partial charge in [-0.1, -0.05) is 71.9 Å². The van der Waals surface area contributed by atoms with Crippen molar-refractivity contribution in [2.24, 2.45) is 0 Å². The first-order valence-electron chi connectivity index (χ1n) is 14.2. The topological polar surface area (TPSA) is 92.7 Å². The fourth-order valence-corrected chi connectivity index (χ4v) is 6.49. The molecule has 40 heavy (non-hydrogen) atoms. The van der Waals surface area contributed by atoms with Gasteiger partial charge < -0.3 is 32.9 Å². The van der Waals surface area contributed by atoms with Crippen LogP contribution in [0, 0.1) is 0 Å². The summed E-state index contributed by atoms with van der Waals surface area (Å²) in [7, 11) is -3.63. The Morgan fingerprint density at radius 2 is 1.52 bits per heavy atom. The van der Waals surface area contributed by atoms with Crippen LogP contribution in [0.25, 0.3) is 0 Å². The lowest BCUT2D eigenvalue weighted by Gasteiger charge is -2.45. The van der Waals surface area contributed by atoms with Gasteiger partial charge in [0.15, 0.2) is 28.5 Å². The lowest BCUT2D eigenvalue weighted by atomic mass is 9.99. The maximum Gasteiger partial charge on any atom is 0.336 e. The van der Waals surface area contributed by atoms with Crippen molar-refractivity contribution in [2.75, 3.05) is 13.7 Å². The number of hydrogen-bond acceptors (Lipinski definition) is 8. The number of esters is 1. The minimum atomic E-state index is -2.51. The van der Waals surface area contributed by atoms with Gasteiger partial charge in [-0.25, -0.2) is 4.79 Å². The molecule has 0 radical (unpaired) electrons. The van der Waals surface area contributed by atoms with Crippen molar-refractivity contribution >= 4 is 22.6 Å². The number of aliphatic hydroxyl groups excluding tert-OH is 1. The molecule has 1 aromatic carbocycles. The average Bonchev–Trinajstić information content (AvgIpc) is 3.19. The average molecular weight is 599 g/mol. The second kappa shape index (κ2) is 13.0. The Morgan fingerprint density at radius 1 is 1.00 bits per heavy atom. The fraction of sp³-hybridized carbons (Fsp3) is 0.767. The van der Waals surface area contributed by atoms with Crippen LogP contribution in [0.2, 0.25) is 36.3 Å². The van der Waals surface area contributed by atoms with Gasteiger partial charge in [0.25, 0.3) is 0 Å². The molecule has 0 unspecified atom stereocenters. The summed E-state index contributed by atoms with van der Waals surface area (Å²) in [4.78, 5) is 13.2. The van der Waals surface area contributed by atoms with Crippen LogP contribution in [-0.2, 0) is 39.2 Å². The molecule has 230 valence electrons. The maximum absolute atomic E-state index is 13.2. The third kappa shape index (κ3) is 8.94. The summed E-state index contributed by atoms with van der Waals surface area (Å²) in [6.45, 7) is 25.2. The van der Waals surface area contributed by atoms with Crippen LogP contribution < -0.4 is 0 Å². The SMILES string of the molecule is COC(=O)[C@@H](O[Si](C)(C)C(C)(C)C)[C@@H](O)[C@H](OCc1ccccc1)[C@H](O[Si](C)(C)C(C)(C)C)[C@H]1COC(C)(C)O1. The molecule has 1 heterocycles. The Bertz CT molecular complexity index is 953. The number of carbonyl (C=O) groups excluding carboxylic acids is 1. The van der Waals surface area contributed by atoms with Crippen molar-refractivity contribution in [3.05, 3.63) is 35.9 Å². The second-order valence-electron chi connectivity index (χ2n) is 14.3. The van der Waals surface area contributed by atoms with Gasteiger partial charge in [0, 0.05) is 0 Å². The van der Waals surface area contributed by atoms with Gasteiger partial charge in [0.05, 0.1) is 20.3 Å². The largest absolute Gasteiger partial charge is 0.467 e. The number of aliphatic hydroxyl groups is 1. The quantitative estimate of drug-likeness (QED) is 0.230. The molecule has 0 bridgehead atoms. The molecule has 1 aliphatic heterocycles. The van der Waals surface area contributed by atoms with Gasteiger partial charge in [-0.15, -0.1) is 0 Å². The Morgan fingerprint density at radius 3 is 1.98 bits per heavy atom. The van der Waals surface area contributed by atoms with E-state index in [0.717, 1.165) is 5.56 Å². The zero-order valence-electron chi connectivity index (χ0n) is 27.0. The number of hydrogen-bond donors (Lipinski definition) is 1. The van der Waals surface area contributed by atoms with Gasteiger partial charge in [-0.2, -0.15) is 0 Å². The molecule has 0 spiro atoms. The molecule has 1 fully saturated rings. The van der Waals surface area contributed by atoms with Crippen molar-refractivity contribution in [3.63, 3.8) is 0 Å². The highest BCUT2D eigenvalue weighted by atomic mass is 28.4. The zero-order chi connectivity index (χ0) is 30.7. The van der Waals surface area contributed by atoms with E-state index in [1.807, 2.05) is 57.3 Å². The highest BCUT2D eigenvalue weighted by Gasteiger charge is 2.52. The first-order chi connectivity index (χ1) is 18.1. The van der Waals surface area contributed by atoms with E-state index < -0.39 is 58.9 Å². The normalized spacial score (nSPS) is 21.5. The fourth-order valence-electron chi connectivity index (χ4n) is 3.94. The first kappa shape index (κ1) is 35.1. The predicted molar refractivity (Wildman–Crippen MR) is 162 cm³/mol. The van der Waals surface area contributed by atoms with Crippen LogP contribution in [0.4, 0.5) is 0 Å². The highest BCUT2D eigenvalue weighted by molar-refractivity contribution is 6.74. The smallest absolute Gasteiger partial charge is 0.336 e. The van der Waals surface area contributed by atoms with E-state index in [2.05, 4.69) is 54.6 Å². The molecular weight excluding hydrogens is 544 g/mol. The molecule has 1 N–H and O–H groups in total. The van der Waals surface area contributed by atoms with E-state index in [-0.39, 0.29) is 23.3 Å². The molecule has 1 aliphatic rings. The molecule has 2 rings (SSSR count). The van der Waals surface area contributed by atoms with Crippen molar-refractivity contribution in [3.8, 4) is 0 Å². The van der Waals surface area contributed by atoms with Gasteiger partial charge >= 0.3 is 5.97 Å². The predicted octanol–water partition coefficient (Wildman–Crippen LogP) is 6.04. The first-order valence-corrected chi connectivity index (χ1v) is 20.0. The molecular formula is C30H54O8Si2. The number of benzene rings is 1. The van der Waals surface area contributed by atoms with E-state index in [1.165, 1.54) is 7.11 Å². The van der Waals surface area contributed by atoms with Gasteiger partial charge in [0.1, 0.15) is 24.4 Å². The Hall–Kier alpha value is -1.12. The van der Waals surface area contributed by atoms with Gasteiger partial charge in [-0.05, 0) is 55.7 Å². The van der Waals surface area contributed by atoms with E-state index in [1.54, 1.807) is 0 Å². The van der Waals surface area contributed by atoms with Crippen LogP contribution in [-0.4, -0.2) is 77.7 Å². The molecule has 0 aromatic heterocycles. The Kier molecular flexibility index (Phi) is 11.4. The molecule has 1 saturated heterocycles. The summed E-state index contributed by atoms with van der Waals surface area (Å²) in [5, 5.41) is 11.7. The summed E-state index contributed by atoms with van der Waals surface area (Å²) >= 11 is 0. The van der Waals surface area contributed by atoms with E-state index in [4.69, 9.17) is 27.8 Å². The van der Waals surface area contributed by atoms with Crippen molar-refractivity contribution in [1.29, 1.82) is 0 Å². The minimum absolute atomic E-state index is 0.130. The van der Waals surface area contributed by atoms with E-state index >= 15 is 0 Å². The van der Waals surface area contributed by atoms with Crippen LogP contribution in [0.15, 0.2) is 30.3 Å². The molecule has 0 aliphatic carbocycles. The summed E-state index contributed by atoms with van der Waals surface area (Å²) in [6.07, 6.45) is -4.92. The molecule has 5 atom stereocenters. The van der Waals surface area contributed by atoms with Crippen LogP contribution >= 0.6 is 0 Å².